The number of sulfonamides is 1. The lowest BCUT2D eigenvalue weighted by molar-refractivity contribution is 0.249. The molecule has 2 rings (SSSR count). The van der Waals surface area contributed by atoms with Gasteiger partial charge in [0.15, 0.2) is 0 Å². The first kappa shape index (κ1) is 13.2. The molecule has 18 heavy (non-hydrogen) atoms. The molecule has 0 saturated heterocycles. The molecule has 100 valence electrons. The number of ether oxygens (including phenoxy) is 1. The maximum atomic E-state index is 12.5. The zero-order valence-corrected chi connectivity index (χ0v) is 11.4. The zero-order valence-electron chi connectivity index (χ0n) is 10.6. The third kappa shape index (κ3) is 2.18. The number of nitrogen functional groups attached to an aromatic ring is 1. The van der Waals surface area contributed by atoms with Crippen molar-refractivity contribution in [2.75, 3.05) is 19.9 Å². The molecule has 1 fully saturated rings. The molecule has 1 aliphatic rings. The maximum absolute atomic E-state index is 12.5. The van der Waals surface area contributed by atoms with E-state index >= 15 is 0 Å². The molecule has 0 aromatic heterocycles. The molecule has 0 heterocycles. The van der Waals surface area contributed by atoms with E-state index in [2.05, 4.69) is 0 Å². The van der Waals surface area contributed by atoms with E-state index in [-0.39, 0.29) is 10.9 Å². The Hall–Kier alpha value is -1.27. The average Bonchev–Trinajstić information content (AvgIpc) is 2.26. The normalized spacial score (nSPS) is 16.6. The van der Waals surface area contributed by atoms with Crippen LogP contribution in [0.1, 0.15) is 19.3 Å². The molecule has 1 aromatic rings. The van der Waals surface area contributed by atoms with Crippen molar-refractivity contribution in [3.63, 3.8) is 0 Å². The number of methoxy groups -OCH3 is 1. The molecule has 5 nitrogen and oxygen atoms in total. The number of hydrogen-bond acceptors (Lipinski definition) is 4. The van der Waals surface area contributed by atoms with Crippen molar-refractivity contribution in [3.8, 4) is 5.75 Å². The highest BCUT2D eigenvalue weighted by Gasteiger charge is 2.33. The first-order chi connectivity index (χ1) is 8.46. The van der Waals surface area contributed by atoms with E-state index in [0.29, 0.717) is 11.4 Å². The minimum Gasteiger partial charge on any atom is -0.495 e. The van der Waals surface area contributed by atoms with E-state index in [1.807, 2.05) is 0 Å². The summed E-state index contributed by atoms with van der Waals surface area (Å²) in [6, 6.07) is 4.71. The van der Waals surface area contributed by atoms with Crippen molar-refractivity contribution in [2.45, 2.75) is 30.2 Å². The van der Waals surface area contributed by atoms with Gasteiger partial charge in [0, 0.05) is 24.8 Å². The van der Waals surface area contributed by atoms with Crippen LogP contribution in [0, 0.1) is 0 Å². The highest BCUT2D eigenvalue weighted by molar-refractivity contribution is 7.89. The summed E-state index contributed by atoms with van der Waals surface area (Å²) in [5.74, 6) is 0.293. The van der Waals surface area contributed by atoms with Crippen molar-refractivity contribution in [2.24, 2.45) is 0 Å². The number of nitrogens with zero attached hydrogens (tertiary/aromatic N) is 1. The highest BCUT2D eigenvalue weighted by atomic mass is 32.2. The molecule has 0 aliphatic heterocycles. The summed E-state index contributed by atoms with van der Waals surface area (Å²) in [6.07, 6.45) is 2.93. The first-order valence-electron chi connectivity index (χ1n) is 5.88. The van der Waals surface area contributed by atoms with Crippen LogP contribution < -0.4 is 10.5 Å². The molecule has 6 heteroatoms. The Balaban J connectivity index is 2.40. The minimum absolute atomic E-state index is 0.109. The van der Waals surface area contributed by atoms with Crippen LogP contribution in [-0.4, -0.2) is 32.9 Å². The van der Waals surface area contributed by atoms with Gasteiger partial charge < -0.3 is 10.5 Å². The molecule has 0 atom stereocenters. The Morgan fingerprint density at radius 1 is 1.39 bits per heavy atom. The molecule has 1 saturated carbocycles. The second-order valence-corrected chi connectivity index (χ2v) is 6.48. The standard InChI is InChI=1S/C12H18N2O3S/c1-14(10-4-3-5-10)18(15,16)12-7-6-9(13)8-11(12)17-2/h6-8,10H,3-5,13H2,1-2H3. The molecule has 0 amide bonds. The number of nitrogens with two attached hydrogens (primary N) is 1. The largest absolute Gasteiger partial charge is 0.495 e. The molecule has 1 aromatic carbocycles. The van der Waals surface area contributed by atoms with Gasteiger partial charge in [-0.1, -0.05) is 6.42 Å². The Morgan fingerprint density at radius 3 is 2.56 bits per heavy atom. The van der Waals surface area contributed by atoms with Crippen molar-refractivity contribution in [3.05, 3.63) is 18.2 Å². The predicted octanol–water partition coefficient (Wildman–Crippen LogP) is 1.45. The summed E-state index contributed by atoms with van der Waals surface area (Å²) < 4.78 is 31.5. The van der Waals surface area contributed by atoms with Gasteiger partial charge in [-0.15, -0.1) is 0 Å². The summed E-state index contributed by atoms with van der Waals surface area (Å²) in [7, 11) is -0.444. The van der Waals surface area contributed by atoms with Crippen LogP contribution in [0.2, 0.25) is 0 Å². The molecule has 0 radical (unpaired) electrons. The van der Waals surface area contributed by atoms with Gasteiger partial charge in [-0.25, -0.2) is 8.42 Å². The number of hydrogen-bond donors (Lipinski definition) is 1. The summed E-state index contributed by atoms with van der Waals surface area (Å²) in [6.45, 7) is 0. The Bertz CT molecular complexity index is 538. The lowest BCUT2D eigenvalue weighted by Crippen LogP contribution is -2.41. The van der Waals surface area contributed by atoms with Gasteiger partial charge in [-0.2, -0.15) is 4.31 Å². The van der Waals surface area contributed by atoms with E-state index in [9.17, 15) is 8.42 Å². The SMILES string of the molecule is COc1cc(N)ccc1S(=O)(=O)N(C)C1CCC1. The van der Waals surface area contributed by atoms with Gasteiger partial charge in [-0.3, -0.25) is 0 Å². The summed E-state index contributed by atoms with van der Waals surface area (Å²) in [4.78, 5) is 0.175. The van der Waals surface area contributed by atoms with E-state index in [4.69, 9.17) is 10.5 Å². The number of anilines is 1. The average molecular weight is 270 g/mol. The van der Waals surface area contributed by atoms with Crippen LogP contribution in [-0.2, 0) is 10.0 Å². The third-order valence-corrected chi connectivity index (χ3v) is 5.38. The first-order valence-corrected chi connectivity index (χ1v) is 7.32. The van der Waals surface area contributed by atoms with Crippen LogP contribution in [0.4, 0.5) is 5.69 Å². The van der Waals surface area contributed by atoms with Crippen molar-refractivity contribution >= 4 is 15.7 Å². The molecule has 0 unspecified atom stereocenters. The van der Waals surface area contributed by atoms with Crippen LogP contribution in [0.5, 0.6) is 5.75 Å². The number of benzene rings is 1. The van der Waals surface area contributed by atoms with Crippen molar-refractivity contribution in [1.29, 1.82) is 0 Å². The fourth-order valence-corrected chi connectivity index (χ4v) is 3.55. The highest BCUT2D eigenvalue weighted by Crippen LogP contribution is 2.33. The van der Waals surface area contributed by atoms with Gasteiger partial charge in [0.2, 0.25) is 10.0 Å². The fourth-order valence-electron chi connectivity index (χ4n) is 2.00. The summed E-state index contributed by atoms with van der Waals surface area (Å²) in [5.41, 5.74) is 6.11. The Kier molecular flexibility index (Phi) is 3.49. The number of rotatable bonds is 4. The molecule has 0 bridgehead atoms. The zero-order chi connectivity index (χ0) is 13.3. The van der Waals surface area contributed by atoms with Gasteiger partial charge in [0.25, 0.3) is 0 Å². The predicted molar refractivity (Wildman–Crippen MR) is 70.0 cm³/mol. The monoisotopic (exact) mass is 270 g/mol. The molecule has 0 spiro atoms. The minimum atomic E-state index is -3.51. The third-order valence-electron chi connectivity index (χ3n) is 3.43. The van der Waals surface area contributed by atoms with Crippen LogP contribution >= 0.6 is 0 Å². The molecule has 1 aliphatic carbocycles. The molecular formula is C12H18N2O3S. The van der Waals surface area contributed by atoms with Gasteiger partial charge in [0.05, 0.1) is 7.11 Å². The van der Waals surface area contributed by atoms with Crippen LogP contribution in [0.25, 0.3) is 0 Å². The Labute approximate surface area is 108 Å². The van der Waals surface area contributed by atoms with Crippen molar-refractivity contribution < 1.29 is 13.2 Å². The lowest BCUT2D eigenvalue weighted by Gasteiger charge is -2.34. The van der Waals surface area contributed by atoms with E-state index in [1.54, 1.807) is 13.1 Å². The molecule has 2 N–H and O–H groups in total. The van der Waals surface area contributed by atoms with Gasteiger partial charge >= 0.3 is 0 Å². The van der Waals surface area contributed by atoms with Crippen LogP contribution in [0.3, 0.4) is 0 Å². The quantitative estimate of drug-likeness (QED) is 0.840. The van der Waals surface area contributed by atoms with E-state index in [1.165, 1.54) is 23.5 Å². The van der Waals surface area contributed by atoms with E-state index < -0.39 is 10.0 Å². The second-order valence-electron chi connectivity index (χ2n) is 4.52. The van der Waals surface area contributed by atoms with Crippen molar-refractivity contribution in [1.82, 2.24) is 4.31 Å². The van der Waals surface area contributed by atoms with Gasteiger partial charge in [0.1, 0.15) is 10.6 Å². The van der Waals surface area contributed by atoms with Crippen LogP contribution in [0.15, 0.2) is 23.1 Å². The van der Waals surface area contributed by atoms with E-state index in [0.717, 1.165) is 19.3 Å². The maximum Gasteiger partial charge on any atom is 0.246 e. The lowest BCUT2D eigenvalue weighted by atomic mass is 9.94. The summed E-state index contributed by atoms with van der Waals surface area (Å²) >= 11 is 0. The topological polar surface area (TPSA) is 72.6 Å². The Morgan fingerprint density at radius 2 is 2.06 bits per heavy atom. The van der Waals surface area contributed by atoms with Gasteiger partial charge in [-0.05, 0) is 25.0 Å². The summed E-state index contributed by atoms with van der Waals surface area (Å²) in [5, 5.41) is 0. The second kappa shape index (κ2) is 4.78. The smallest absolute Gasteiger partial charge is 0.246 e. The molecular weight excluding hydrogens is 252 g/mol. The fraction of sp³-hybridized carbons (Fsp3) is 0.500.